The molecule has 2 N–H and O–H groups in total. The van der Waals surface area contributed by atoms with Gasteiger partial charge in [-0.25, -0.2) is 4.98 Å². The fourth-order valence-electron chi connectivity index (χ4n) is 1.47. The van der Waals surface area contributed by atoms with Crippen LogP contribution in [0.1, 0.15) is 23.7 Å². The summed E-state index contributed by atoms with van der Waals surface area (Å²) in [4.78, 5) is 17.7. The Bertz CT molecular complexity index is 369. The molecule has 0 aliphatic heterocycles. The molecule has 0 bridgehead atoms. The van der Waals surface area contributed by atoms with Crippen molar-refractivity contribution < 1.29 is 9.90 Å². The van der Waals surface area contributed by atoms with Crippen molar-refractivity contribution in [2.75, 3.05) is 32.1 Å². The van der Waals surface area contributed by atoms with Gasteiger partial charge in [0.2, 0.25) is 0 Å². The molecule has 94 valence electrons. The molecule has 1 aromatic heterocycles. The number of nitrogens with one attached hydrogen (secondary N) is 1. The SMILES string of the molecule is CCNc1cc(C(=O)N(C)CCCO)ccn1. The number of pyridine rings is 1. The summed E-state index contributed by atoms with van der Waals surface area (Å²) in [7, 11) is 1.73. The highest BCUT2D eigenvalue weighted by atomic mass is 16.3. The third-order valence-corrected chi connectivity index (χ3v) is 2.36. The zero-order valence-electron chi connectivity index (χ0n) is 10.3. The molecule has 1 amide bonds. The molecule has 0 radical (unpaired) electrons. The Morgan fingerprint density at radius 1 is 1.59 bits per heavy atom. The van der Waals surface area contributed by atoms with Gasteiger partial charge < -0.3 is 15.3 Å². The second-order valence-electron chi connectivity index (χ2n) is 3.76. The summed E-state index contributed by atoms with van der Waals surface area (Å²) in [5.74, 6) is 0.647. The van der Waals surface area contributed by atoms with Gasteiger partial charge >= 0.3 is 0 Å². The Hall–Kier alpha value is -1.62. The lowest BCUT2D eigenvalue weighted by Crippen LogP contribution is -2.28. The molecule has 0 spiro atoms. The molecule has 0 unspecified atom stereocenters. The van der Waals surface area contributed by atoms with Crippen LogP contribution in [-0.2, 0) is 0 Å². The highest BCUT2D eigenvalue weighted by Crippen LogP contribution is 2.09. The molecule has 0 atom stereocenters. The average molecular weight is 237 g/mol. The van der Waals surface area contributed by atoms with E-state index in [4.69, 9.17) is 5.11 Å². The van der Waals surface area contributed by atoms with Gasteiger partial charge in [0.05, 0.1) is 0 Å². The molecule has 5 nitrogen and oxygen atoms in total. The molecule has 0 aliphatic carbocycles. The average Bonchev–Trinajstić information content (AvgIpc) is 2.35. The Balaban J connectivity index is 2.70. The van der Waals surface area contributed by atoms with Crippen LogP contribution in [0.5, 0.6) is 0 Å². The number of nitrogens with zero attached hydrogens (tertiary/aromatic N) is 2. The number of aliphatic hydroxyl groups excluding tert-OH is 1. The first-order chi connectivity index (χ1) is 8.19. The van der Waals surface area contributed by atoms with Gasteiger partial charge in [0.15, 0.2) is 0 Å². The Morgan fingerprint density at radius 3 is 3.00 bits per heavy atom. The summed E-state index contributed by atoms with van der Waals surface area (Å²) < 4.78 is 0. The van der Waals surface area contributed by atoms with E-state index < -0.39 is 0 Å². The normalized spacial score (nSPS) is 10.1. The molecule has 0 aliphatic rings. The van der Waals surface area contributed by atoms with E-state index in [1.165, 1.54) is 0 Å². The molecule has 0 aromatic carbocycles. The minimum Gasteiger partial charge on any atom is -0.396 e. The fraction of sp³-hybridized carbons (Fsp3) is 0.500. The maximum atomic E-state index is 12.0. The third-order valence-electron chi connectivity index (χ3n) is 2.36. The van der Waals surface area contributed by atoms with E-state index in [0.717, 1.165) is 6.54 Å². The van der Waals surface area contributed by atoms with Crippen molar-refractivity contribution in [2.45, 2.75) is 13.3 Å². The highest BCUT2D eigenvalue weighted by Gasteiger charge is 2.11. The smallest absolute Gasteiger partial charge is 0.253 e. The number of hydrogen-bond donors (Lipinski definition) is 2. The number of carbonyl (C=O) groups excluding carboxylic acids is 1. The summed E-state index contributed by atoms with van der Waals surface area (Å²) in [6.07, 6.45) is 2.21. The standard InChI is InChI=1S/C12H19N3O2/c1-3-13-11-9-10(5-6-14-11)12(17)15(2)7-4-8-16/h5-6,9,16H,3-4,7-8H2,1-2H3,(H,13,14). The van der Waals surface area contributed by atoms with Gasteiger partial charge in [-0.3, -0.25) is 4.79 Å². The van der Waals surface area contributed by atoms with Crippen LogP contribution < -0.4 is 5.32 Å². The summed E-state index contributed by atoms with van der Waals surface area (Å²) in [6, 6.07) is 3.43. The van der Waals surface area contributed by atoms with Gasteiger partial charge in [-0.05, 0) is 25.5 Å². The molecular formula is C12H19N3O2. The van der Waals surface area contributed by atoms with Crippen LogP contribution in [0.3, 0.4) is 0 Å². The minimum atomic E-state index is -0.0556. The topological polar surface area (TPSA) is 65.5 Å². The van der Waals surface area contributed by atoms with Crippen molar-refractivity contribution in [1.82, 2.24) is 9.88 Å². The number of aromatic nitrogens is 1. The van der Waals surface area contributed by atoms with Crippen molar-refractivity contribution in [2.24, 2.45) is 0 Å². The Morgan fingerprint density at radius 2 is 2.35 bits per heavy atom. The van der Waals surface area contributed by atoms with Gasteiger partial charge in [-0.15, -0.1) is 0 Å². The lowest BCUT2D eigenvalue weighted by atomic mass is 10.2. The van der Waals surface area contributed by atoms with E-state index >= 15 is 0 Å². The molecule has 5 heteroatoms. The Labute approximate surface area is 101 Å². The summed E-state index contributed by atoms with van der Waals surface area (Å²) in [6.45, 7) is 3.39. The minimum absolute atomic E-state index is 0.0556. The number of carbonyl (C=O) groups is 1. The molecular weight excluding hydrogens is 218 g/mol. The van der Waals surface area contributed by atoms with Crippen LogP contribution in [-0.4, -0.2) is 47.6 Å². The van der Waals surface area contributed by atoms with E-state index in [1.807, 2.05) is 6.92 Å². The summed E-state index contributed by atoms with van der Waals surface area (Å²) >= 11 is 0. The molecule has 0 saturated carbocycles. The number of rotatable bonds is 6. The molecule has 1 heterocycles. The predicted octanol–water partition coefficient (Wildman–Crippen LogP) is 0.968. The largest absolute Gasteiger partial charge is 0.396 e. The molecule has 1 rings (SSSR count). The van der Waals surface area contributed by atoms with E-state index in [2.05, 4.69) is 10.3 Å². The van der Waals surface area contributed by atoms with Gasteiger partial charge in [0, 0.05) is 38.5 Å². The van der Waals surface area contributed by atoms with Crippen molar-refractivity contribution in [3.05, 3.63) is 23.9 Å². The van der Waals surface area contributed by atoms with Crippen LogP contribution in [0, 0.1) is 0 Å². The Kier molecular flexibility index (Phi) is 5.42. The second-order valence-corrected chi connectivity index (χ2v) is 3.76. The van der Waals surface area contributed by atoms with E-state index in [0.29, 0.717) is 24.3 Å². The lowest BCUT2D eigenvalue weighted by Gasteiger charge is -2.16. The third kappa shape index (κ3) is 4.03. The molecule has 17 heavy (non-hydrogen) atoms. The number of hydrogen-bond acceptors (Lipinski definition) is 4. The van der Waals surface area contributed by atoms with Crippen LogP contribution in [0.4, 0.5) is 5.82 Å². The first-order valence-corrected chi connectivity index (χ1v) is 5.75. The van der Waals surface area contributed by atoms with Crippen molar-refractivity contribution in [1.29, 1.82) is 0 Å². The van der Waals surface area contributed by atoms with E-state index in [-0.39, 0.29) is 12.5 Å². The second kappa shape index (κ2) is 6.85. The monoisotopic (exact) mass is 237 g/mol. The van der Waals surface area contributed by atoms with Crippen molar-refractivity contribution in [3.8, 4) is 0 Å². The quantitative estimate of drug-likeness (QED) is 0.773. The zero-order valence-corrected chi connectivity index (χ0v) is 10.3. The lowest BCUT2D eigenvalue weighted by molar-refractivity contribution is 0.0786. The van der Waals surface area contributed by atoms with Gasteiger partial charge in [-0.1, -0.05) is 0 Å². The summed E-state index contributed by atoms with van der Waals surface area (Å²) in [5, 5.41) is 11.8. The highest BCUT2D eigenvalue weighted by molar-refractivity contribution is 5.94. The van der Waals surface area contributed by atoms with Gasteiger partial charge in [0.1, 0.15) is 5.82 Å². The van der Waals surface area contributed by atoms with Crippen LogP contribution >= 0.6 is 0 Å². The number of anilines is 1. The van der Waals surface area contributed by atoms with Crippen molar-refractivity contribution in [3.63, 3.8) is 0 Å². The van der Waals surface area contributed by atoms with Crippen molar-refractivity contribution >= 4 is 11.7 Å². The van der Waals surface area contributed by atoms with E-state index in [9.17, 15) is 4.79 Å². The molecule has 0 saturated heterocycles. The maximum Gasteiger partial charge on any atom is 0.253 e. The number of amides is 1. The maximum absolute atomic E-state index is 12.0. The fourth-order valence-corrected chi connectivity index (χ4v) is 1.47. The van der Waals surface area contributed by atoms with Crippen LogP contribution in [0.15, 0.2) is 18.3 Å². The first kappa shape index (κ1) is 13.4. The summed E-state index contributed by atoms with van der Waals surface area (Å²) in [5.41, 5.74) is 0.608. The predicted molar refractivity (Wildman–Crippen MR) is 67.1 cm³/mol. The first-order valence-electron chi connectivity index (χ1n) is 5.75. The zero-order chi connectivity index (χ0) is 12.7. The van der Waals surface area contributed by atoms with Gasteiger partial charge in [0.25, 0.3) is 5.91 Å². The van der Waals surface area contributed by atoms with Gasteiger partial charge in [-0.2, -0.15) is 0 Å². The van der Waals surface area contributed by atoms with Crippen LogP contribution in [0.25, 0.3) is 0 Å². The molecule has 1 aromatic rings. The van der Waals surface area contributed by atoms with E-state index in [1.54, 1.807) is 30.3 Å². The molecule has 0 fully saturated rings. The number of aliphatic hydroxyl groups is 1. The van der Waals surface area contributed by atoms with Crippen LogP contribution in [0.2, 0.25) is 0 Å².